The number of aliphatic hydroxyl groups excluding tert-OH is 1. The van der Waals surface area contributed by atoms with Crippen LogP contribution in [0, 0.1) is 5.92 Å². The molecule has 1 unspecified atom stereocenters. The lowest BCUT2D eigenvalue weighted by Gasteiger charge is -2.15. The Morgan fingerprint density at radius 3 is 2.56 bits per heavy atom. The van der Waals surface area contributed by atoms with Crippen molar-refractivity contribution in [3.8, 4) is 11.5 Å². The Balaban J connectivity index is 2.68. The molecule has 0 bridgehead atoms. The molecule has 0 aliphatic heterocycles. The van der Waals surface area contributed by atoms with Crippen molar-refractivity contribution in [3.63, 3.8) is 0 Å². The van der Waals surface area contributed by atoms with Crippen LogP contribution >= 0.6 is 0 Å². The highest BCUT2D eigenvalue weighted by atomic mass is 16.5. The highest BCUT2D eigenvalue weighted by molar-refractivity contribution is 5.42. The predicted molar refractivity (Wildman–Crippen MR) is 73.1 cm³/mol. The van der Waals surface area contributed by atoms with Crippen molar-refractivity contribution in [2.45, 2.75) is 40.2 Å². The van der Waals surface area contributed by atoms with Crippen LogP contribution < -0.4 is 9.47 Å². The molecule has 102 valence electrons. The lowest BCUT2D eigenvalue weighted by atomic mass is 10.1. The lowest BCUT2D eigenvalue weighted by Crippen LogP contribution is -2.09. The van der Waals surface area contributed by atoms with E-state index >= 15 is 0 Å². The van der Waals surface area contributed by atoms with E-state index in [1.807, 2.05) is 25.1 Å². The molecule has 0 saturated carbocycles. The minimum absolute atomic E-state index is 0.0204. The van der Waals surface area contributed by atoms with Crippen molar-refractivity contribution in [2.75, 3.05) is 13.2 Å². The largest absolute Gasteiger partial charge is 0.490 e. The molecule has 0 radical (unpaired) electrons. The van der Waals surface area contributed by atoms with Crippen LogP contribution in [0.1, 0.15) is 39.2 Å². The Labute approximate surface area is 110 Å². The summed E-state index contributed by atoms with van der Waals surface area (Å²) in [6.07, 6.45) is 2.34. The van der Waals surface area contributed by atoms with Gasteiger partial charge in [-0.25, -0.2) is 0 Å². The molecule has 0 aliphatic rings. The fraction of sp³-hybridized carbons (Fsp3) is 0.600. The standard InChI is InChI=1S/C15H24O3/c1-4-6-12(3)11-18-14-8-7-13(10-16)9-15(14)17-5-2/h7-9,12,16H,4-6,10-11H2,1-3H3. The van der Waals surface area contributed by atoms with E-state index in [9.17, 15) is 0 Å². The number of hydrogen-bond donors (Lipinski definition) is 1. The highest BCUT2D eigenvalue weighted by Gasteiger charge is 2.08. The molecule has 3 heteroatoms. The van der Waals surface area contributed by atoms with Crippen LogP contribution in [0.5, 0.6) is 11.5 Å². The van der Waals surface area contributed by atoms with Gasteiger partial charge in [0.15, 0.2) is 11.5 Å². The minimum Gasteiger partial charge on any atom is -0.490 e. The van der Waals surface area contributed by atoms with Gasteiger partial charge in [-0.05, 0) is 37.0 Å². The van der Waals surface area contributed by atoms with E-state index in [1.165, 1.54) is 12.8 Å². The summed E-state index contributed by atoms with van der Waals surface area (Å²) in [5.41, 5.74) is 0.840. The van der Waals surface area contributed by atoms with Crippen LogP contribution in [0.2, 0.25) is 0 Å². The molecule has 1 rings (SSSR count). The van der Waals surface area contributed by atoms with Gasteiger partial charge in [-0.3, -0.25) is 0 Å². The van der Waals surface area contributed by atoms with E-state index in [2.05, 4.69) is 13.8 Å². The van der Waals surface area contributed by atoms with Crippen molar-refractivity contribution in [1.29, 1.82) is 0 Å². The van der Waals surface area contributed by atoms with Crippen molar-refractivity contribution in [1.82, 2.24) is 0 Å². The second-order valence-corrected chi connectivity index (χ2v) is 4.58. The summed E-state index contributed by atoms with van der Waals surface area (Å²) in [6.45, 7) is 7.62. The Hall–Kier alpha value is -1.22. The summed E-state index contributed by atoms with van der Waals surface area (Å²) in [4.78, 5) is 0. The van der Waals surface area contributed by atoms with Gasteiger partial charge < -0.3 is 14.6 Å². The van der Waals surface area contributed by atoms with Crippen molar-refractivity contribution >= 4 is 0 Å². The summed E-state index contributed by atoms with van der Waals surface area (Å²) in [5.74, 6) is 2.02. The van der Waals surface area contributed by atoms with Crippen LogP contribution in [-0.4, -0.2) is 18.3 Å². The predicted octanol–water partition coefficient (Wildman–Crippen LogP) is 3.39. The molecule has 18 heavy (non-hydrogen) atoms. The molecule has 1 N–H and O–H groups in total. The minimum atomic E-state index is 0.0204. The van der Waals surface area contributed by atoms with Crippen molar-refractivity contribution in [3.05, 3.63) is 23.8 Å². The quantitative estimate of drug-likeness (QED) is 0.770. The number of aliphatic hydroxyl groups is 1. The number of hydrogen-bond acceptors (Lipinski definition) is 3. The molecule has 1 aromatic carbocycles. The summed E-state index contributed by atoms with van der Waals surface area (Å²) >= 11 is 0. The van der Waals surface area contributed by atoms with E-state index in [0.717, 1.165) is 11.3 Å². The van der Waals surface area contributed by atoms with Crippen LogP contribution in [0.25, 0.3) is 0 Å². The third-order valence-electron chi connectivity index (χ3n) is 2.80. The molecule has 0 saturated heterocycles. The fourth-order valence-corrected chi connectivity index (χ4v) is 1.85. The Morgan fingerprint density at radius 2 is 1.94 bits per heavy atom. The van der Waals surface area contributed by atoms with Gasteiger partial charge in [-0.15, -0.1) is 0 Å². The summed E-state index contributed by atoms with van der Waals surface area (Å²) < 4.78 is 11.3. The van der Waals surface area contributed by atoms with Gasteiger partial charge in [-0.1, -0.05) is 26.3 Å². The first-order chi connectivity index (χ1) is 8.71. The summed E-state index contributed by atoms with van der Waals surface area (Å²) in [7, 11) is 0. The third-order valence-corrected chi connectivity index (χ3v) is 2.80. The van der Waals surface area contributed by atoms with E-state index in [4.69, 9.17) is 14.6 Å². The molecule has 3 nitrogen and oxygen atoms in total. The smallest absolute Gasteiger partial charge is 0.161 e. The van der Waals surface area contributed by atoms with Crippen LogP contribution in [-0.2, 0) is 6.61 Å². The maximum atomic E-state index is 9.11. The molecule has 1 atom stereocenters. The Morgan fingerprint density at radius 1 is 1.17 bits per heavy atom. The summed E-state index contributed by atoms with van der Waals surface area (Å²) in [6, 6.07) is 5.57. The molecule has 0 spiro atoms. The average Bonchev–Trinajstić information content (AvgIpc) is 2.38. The number of benzene rings is 1. The van der Waals surface area contributed by atoms with Crippen molar-refractivity contribution < 1.29 is 14.6 Å². The highest BCUT2D eigenvalue weighted by Crippen LogP contribution is 2.29. The molecule has 1 aromatic rings. The maximum absolute atomic E-state index is 9.11. The van der Waals surface area contributed by atoms with Gasteiger partial charge in [0.25, 0.3) is 0 Å². The van der Waals surface area contributed by atoms with Gasteiger partial charge >= 0.3 is 0 Å². The number of ether oxygens (including phenoxy) is 2. The van der Waals surface area contributed by atoms with Gasteiger partial charge in [0, 0.05) is 0 Å². The van der Waals surface area contributed by atoms with Crippen LogP contribution in [0.15, 0.2) is 18.2 Å². The SMILES string of the molecule is CCCC(C)COc1ccc(CO)cc1OCC. The molecule has 0 amide bonds. The van der Waals surface area contributed by atoms with Crippen LogP contribution in [0.3, 0.4) is 0 Å². The Kier molecular flexibility index (Phi) is 6.58. The van der Waals surface area contributed by atoms with Gasteiger partial charge in [0.2, 0.25) is 0 Å². The van der Waals surface area contributed by atoms with Gasteiger partial charge in [0.1, 0.15) is 0 Å². The number of rotatable bonds is 8. The maximum Gasteiger partial charge on any atom is 0.161 e. The first kappa shape index (κ1) is 14.8. The van der Waals surface area contributed by atoms with Crippen molar-refractivity contribution in [2.24, 2.45) is 5.92 Å². The zero-order chi connectivity index (χ0) is 13.4. The Bertz CT molecular complexity index is 350. The van der Waals surface area contributed by atoms with Gasteiger partial charge in [-0.2, -0.15) is 0 Å². The third kappa shape index (κ3) is 4.57. The average molecular weight is 252 g/mol. The second-order valence-electron chi connectivity index (χ2n) is 4.58. The molecular formula is C15H24O3. The molecular weight excluding hydrogens is 228 g/mol. The van der Waals surface area contributed by atoms with Gasteiger partial charge in [0.05, 0.1) is 19.8 Å². The van der Waals surface area contributed by atoms with E-state index in [1.54, 1.807) is 0 Å². The summed E-state index contributed by atoms with van der Waals surface area (Å²) in [5, 5.41) is 9.11. The lowest BCUT2D eigenvalue weighted by molar-refractivity contribution is 0.233. The zero-order valence-electron chi connectivity index (χ0n) is 11.6. The second kappa shape index (κ2) is 7.98. The van der Waals surface area contributed by atoms with Crippen LogP contribution in [0.4, 0.5) is 0 Å². The van der Waals surface area contributed by atoms with E-state index < -0.39 is 0 Å². The topological polar surface area (TPSA) is 38.7 Å². The van der Waals surface area contributed by atoms with E-state index in [0.29, 0.717) is 24.9 Å². The zero-order valence-corrected chi connectivity index (χ0v) is 11.6. The normalized spacial score (nSPS) is 12.2. The molecule has 0 aromatic heterocycles. The molecule has 0 fully saturated rings. The first-order valence-electron chi connectivity index (χ1n) is 6.70. The first-order valence-corrected chi connectivity index (χ1v) is 6.70. The molecule has 0 aliphatic carbocycles. The monoisotopic (exact) mass is 252 g/mol. The van der Waals surface area contributed by atoms with E-state index in [-0.39, 0.29) is 6.61 Å². The fourth-order valence-electron chi connectivity index (χ4n) is 1.85. The molecule has 0 heterocycles.